The van der Waals surface area contributed by atoms with Gasteiger partial charge in [-0.25, -0.2) is 13.8 Å². The summed E-state index contributed by atoms with van der Waals surface area (Å²) in [7, 11) is 0. The molecule has 0 saturated carbocycles. The lowest BCUT2D eigenvalue weighted by Crippen LogP contribution is -2.36. The molecule has 0 radical (unpaired) electrons. The molecule has 8 nitrogen and oxygen atoms in total. The SMILES string of the molecule is NC(=O)c1nncc(-c2c(F)cccc2F)c1Nc1ccc(N2CCOCC2)cn1. The maximum absolute atomic E-state index is 14.4. The lowest BCUT2D eigenvalue weighted by molar-refractivity contribution is 0.0995. The van der Waals surface area contributed by atoms with Crippen LogP contribution in [-0.4, -0.2) is 47.4 Å². The fourth-order valence-electron chi connectivity index (χ4n) is 3.23. The van der Waals surface area contributed by atoms with Crippen molar-refractivity contribution < 1.29 is 18.3 Å². The monoisotopic (exact) mass is 412 g/mol. The lowest BCUT2D eigenvalue weighted by atomic mass is 10.0. The summed E-state index contributed by atoms with van der Waals surface area (Å²) in [6.45, 7) is 2.79. The molecule has 3 N–H and O–H groups in total. The number of halogens is 2. The van der Waals surface area contributed by atoms with Crippen LogP contribution in [-0.2, 0) is 4.74 Å². The second kappa shape index (κ2) is 8.37. The number of pyridine rings is 1. The Hall–Kier alpha value is -3.66. The van der Waals surface area contributed by atoms with Gasteiger partial charge in [0.25, 0.3) is 5.91 Å². The fraction of sp³-hybridized carbons (Fsp3) is 0.200. The highest BCUT2D eigenvalue weighted by Gasteiger charge is 2.22. The van der Waals surface area contributed by atoms with Crippen molar-refractivity contribution in [2.75, 3.05) is 36.5 Å². The molecule has 0 spiro atoms. The smallest absolute Gasteiger partial charge is 0.271 e. The van der Waals surface area contributed by atoms with Gasteiger partial charge >= 0.3 is 0 Å². The van der Waals surface area contributed by atoms with E-state index in [0.717, 1.165) is 30.9 Å². The molecule has 0 aliphatic carbocycles. The first-order valence-corrected chi connectivity index (χ1v) is 9.20. The fourth-order valence-corrected chi connectivity index (χ4v) is 3.23. The Morgan fingerprint density at radius 3 is 2.47 bits per heavy atom. The predicted molar refractivity (Wildman–Crippen MR) is 106 cm³/mol. The number of carbonyl (C=O) groups excluding carboxylic acids is 1. The molecule has 3 aromatic rings. The van der Waals surface area contributed by atoms with Crippen LogP contribution in [0.2, 0.25) is 0 Å². The van der Waals surface area contributed by atoms with Crippen molar-refractivity contribution >= 4 is 23.1 Å². The van der Waals surface area contributed by atoms with E-state index in [4.69, 9.17) is 10.5 Å². The molecule has 1 fully saturated rings. The number of hydrogen-bond donors (Lipinski definition) is 2. The largest absolute Gasteiger partial charge is 0.378 e. The van der Waals surface area contributed by atoms with E-state index in [2.05, 4.69) is 25.4 Å². The molecule has 1 amide bonds. The summed E-state index contributed by atoms with van der Waals surface area (Å²) in [5, 5.41) is 10.3. The van der Waals surface area contributed by atoms with Gasteiger partial charge in [0, 0.05) is 18.7 Å². The summed E-state index contributed by atoms with van der Waals surface area (Å²) in [4.78, 5) is 18.4. The molecule has 10 heteroatoms. The van der Waals surface area contributed by atoms with E-state index in [1.807, 2.05) is 6.07 Å². The van der Waals surface area contributed by atoms with Crippen LogP contribution in [0.15, 0.2) is 42.7 Å². The summed E-state index contributed by atoms with van der Waals surface area (Å²) in [5.74, 6) is -2.16. The first-order chi connectivity index (χ1) is 14.5. The van der Waals surface area contributed by atoms with E-state index in [1.165, 1.54) is 12.3 Å². The molecule has 1 aliphatic rings. The first kappa shape index (κ1) is 19.6. The summed E-state index contributed by atoms with van der Waals surface area (Å²) in [5.41, 5.74) is 5.74. The van der Waals surface area contributed by atoms with Crippen molar-refractivity contribution in [3.8, 4) is 11.1 Å². The third-order valence-electron chi connectivity index (χ3n) is 4.69. The average molecular weight is 412 g/mol. The molecular weight excluding hydrogens is 394 g/mol. The molecule has 0 unspecified atom stereocenters. The summed E-state index contributed by atoms with van der Waals surface area (Å²) in [6, 6.07) is 7.01. The minimum atomic E-state index is -0.895. The number of nitrogens with zero attached hydrogens (tertiary/aromatic N) is 4. The molecule has 1 aliphatic heterocycles. The van der Waals surface area contributed by atoms with Crippen LogP contribution in [0, 0.1) is 11.6 Å². The number of nitrogens with one attached hydrogen (secondary N) is 1. The molecule has 2 aromatic heterocycles. The topological polar surface area (TPSA) is 106 Å². The molecule has 0 atom stereocenters. The first-order valence-electron chi connectivity index (χ1n) is 9.20. The van der Waals surface area contributed by atoms with E-state index in [-0.39, 0.29) is 22.5 Å². The standard InChI is InChI=1S/C20H18F2N6O2/c21-14-2-1-3-15(22)17(14)13-11-25-27-19(20(23)29)18(13)26-16-5-4-12(10-24-16)28-6-8-30-9-7-28/h1-5,10-11H,6-9H2,(H2,23,29)(H,24,25,26). The van der Waals surface area contributed by atoms with Crippen molar-refractivity contribution in [2.24, 2.45) is 5.73 Å². The number of anilines is 3. The number of rotatable bonds is 5. The van der Waals surface area contributed by atoms with Crippen molar-refractivity contribution in [1.82, 2.24) is 15.2 Å². The van der Waals surface area contributed by atoms with Crippen molar-refractivity contribution in [3.05, 3.63) is 60.1 Å². The Labute approximate surface area is 170 Å². The highest BCUT2D eigenvalue weighted by atomic mass is 19.1. The van der Waals surface area contributed by atoms with E-state index in [1.54, 1.807) is 12.3 Å². The maximum atomic E-state index is 14.4. The predicted octanol–water partition coefficient (Wildman–Crippen LogP) is 2.50. The number of primary amides is 1. The van der Waals surface area contributed by atoms with Crippen LogP contribution in [0.3, 0.4) is 0 Å². The van der Waals surface area contributed by atoms with Crippen molar-refractivity contribution in [1.29, 1.82) is 0 Å². The number of amides is 1. The minimum absolute atomic E-state index is 0.00783. The molecule has 4 rings (SSSR count). The number of ether oxygens (including phenoxy) is 1. The van der Waals surface area contributed by atoms with Gasteiger partial charge in [-0.15, -0.1) is 5.10 Å². The van der Waals surface area contributed by atoms with Gasteiger partial charge in [-0.1, -0.05) is 6.07 Å². The van der Waals surface area contributed by atoms with Crippen LogP contribution in [0.1, 0.15) is 10.5 Å². The Kier molecular flexibility index (Phi) is 5.48. The normalized spacial score (nSPS) is 13.9. The molecule has 154 valence electrons. The van der Waals surface area contributed by atoms with E-state index in [9.17, 15) is 13.6 Å². The third-order valence-corrected chi connectivity index (χ3v) is 4.69. The van der Waals surface area contributed by atoms with Crippen LogP contribution in [0.25, 0.3) is 11.1 Å². The number of carbonyl (C=O) groups is 1. The zero-order chi connectivity index (χ0) is 21.1. The van der Waals surface area contributed by atoms with Crippen LogP contribution in [0.5, 0.6) is 0 Å². The maximum Gasteiger partial charge on any atom is 0.271 e. The van der Waals surface area contributed by atoms with Crippen LogP contribution >= 0.6 is 0 Å². The Bertz CT molecular complexity index is 1050. The van der Waals surface area contributed by atoms with Gasteiger partial charge in [0.1, 0.15) is 17.5 Å². The van der Waals surface area contributed by atoms with Gasteiger partial charge in [-0.3, -0.25) is 4.79 Å². The second-order valence-electron chi connectivity index (χ2n) is 6.57. The molecule has 30 heavy (non-hydrogen) atoms. The number of hydrogen-bond acceptors (Lipinski definition) is 7. The van der Waals surface area contributed by atoms with E-state index < -0.39 is 17.5 Å². The average Bonchev–Trinajstić information content (AvgIpc) is 2.75. The Balaban J connectivity index is 1.72. The minimum Gasteiger partial charge on any atom is -0.378 e. The lowest BCUT2D eigenvalue weighted by Gasteiger charge is -2.28. The van der Waals surface area contributed by atoms with E-state index >= 15 is 0 Å². The van der Waals surface area contributed by atoms with Gasteiger partial charge in [0.2, 0.25) is 0 Å². The summed E-state index contributed by atoms with van der Waals surface area (Å²) in [6.07, 6.45) is 2.83. The molecule has 3 heterocycles. The van der Waals surface area contributed by atoms with Crippen molar-refractivity contribution in [3.63, 3.8) is 0 Å². The van der Waals surface area contributed by atoms with Gasteiger partial charge in [0.05, 0.1) is 42.5 Å². The van der Waals surface area contributed by atoms with Gasteiger partial charge in [0.15, 0.2) is 5.69 Å². The highest BCUT2D eigenvalue weighted by Crippen LogP contribution is 2.34. The van der Waals surface area contributed by atoms with E-state index in [0.29, 0.717) is 19.0 Å². The number of benzene rings is 1. The zero-order valence-corrected chi connectivity index (χ0v) is 15.8. The Morgan fingerprint density at radius 1 is 1.10 bits per heavy atom. The number of nitrogens with two attached hydrogens (primary N) is 1. The zero-order valence-electron chi connectivity index (χ0n) is 15.8. The number of morpholine rings is 1. The van der Waals surface area contributed by atoms with Gasteiger partial charge in [-0.2, -0.15) is 5.10 Å². The third kappa shape index (κ3) is 3.90. The molecule has 1 saturated heterocycles. The Morgan fingerprint density at radius 2 is 1.83 bits per heavy atom. The quantitative estimate of drug-likeness (QED) is 0.663. The second-order valence-corrected chi connectivity index (χ2v) is 6.57. The summed E-state index contributed by atoms with van der Waals surface area (Å²) < 4.78 is 34.1. The van der Waals surface area contributed by atoms with Crippen LogP contribution in [0.4, 0.5) is 26.0 Å². The van der Waals surface area contributed by atoms with Crippen molar-refractivity contribution in [2.45, 2.75) is 0 Å². The summed E-state index contributed by atoms with van der Waals surface area (Å²) >= 11 is 0. The molecule has 1 aromatic carbocycles. The number of aromatic nitrogens is 3. The van der Waals surface area contributed by atoms with Crippen LogP contribution < -0.4 is 16.0 Å². The molecular formula is C20H18F2N6O2. The molecule has 0 bridgehead atoms. The van der Waals surface area contributed by atoms with Gasteiger partial charge in [-0.05, 0) is 24.3 Å². The highest BCUT2D eigenvalue weighted by molar-refractivity contribution is 6.01. The van der Waals surface area contributed by atoms with Gasteiger partial charge < -0.3 is 20.7 Å².